The molecule has 19 heavy (non-hydrogen) atoms. The van der Waals surface area contributed by atoms with E-state index in [0.717, 1.165) is 39.0 Å². The standard InChI is InChI=1S/C13H27N3O3/c1-16(8-9-18-2)7-3-6-15-13(17)12-5-4-11(10-14)19-12/h11-12H,3-10,14H2,1-2H3,(H,15,17)/t11-,12+/m1/s1. The summed E-state index contributed by atoms with van der Waals surface area (Å²) in [7, 11) is 3.75. The minimum atomic E-state index is -0.306. The first kappa shape index (κ1) is 16.4. The summed E-state index contributed by atoms with van der Waals surface area (Å²) in [6, 6.07) is 0. The van der Waals surface area contributed by atoms with Gasteiger partial charge in [0, 0.05) is 26.7 Å². The van der Waals surface area contributed by atoms with Gasteiger partial charge in [0.25, 0.3) is 0 Å². The van der Waals surface area contributed by atoms with Crippen LogP contribution in [0, 0.1) is 0 Å². The number of nitrogens with one attached hydrogen (secondary N) is 1. The number of carbonyl (C=O) groups is 1. The van der Waals surface area contributed by atoms with Crippen LogP contribution in [0.15, 0.2) is 0 Å². The van der Waals surface area contributed by atoms with Gasteiger partial charge in [-0.2, -0.15) is 0 Å². The fourth-order valence-corrected chi connectivity index (χ4v) is 2.11. The molecule has 6 nitrogen and oxygen atoms in total. The Kier molecular flexibility index (Phi) is 7.97. The Morgan fingerprint density at radius 3 is 2.89 bits per heavy atom. The maximum absolute atomic E-state index is 11.8. The van der Waals surface area contributed by atoms with E-state index < -0.39 is 0 Å². The van der Waals surface area contributed by atoms with Crippen molar-refractivity contribution >= 4 is 5.91 Å². The van der Waals surface area contributed by atoms with Gasteiger partial charge in [0.15, 0.2) is 0 Å². The molecule has 0 aromatic rings. The summed E-state index contributed by atoms with van der Waals surface area (Å²) in [5, 5.41) is 2.92. The summed E-state index contributed by atoms with van der Waals surface area (Å²) >= 11 is 0. The Morgan fingerprint density at radius 1 is 1.47 bits per heavy atom. The number of nitrogens with zero attached hydrogens (tertiary/aromatic N) is 1. The van der Waals surface area contributed by atoms with Crippen molar-refractivity contribution in [1.29, 1.82) is 0 Å². The van der Waals surface area contributed by atoms with E-state index in [1.807, 2.05) is 7.05 Å². The number of methoxy groups -OCH3 is 1. The molecule has 0 radical (unpaired) electrons. The highest BCUT2D eigenvalue weighted by atomic mass is 16.5. The summed E-state index contributed by atoms with van der Waals surface area (Å²) in [4.78, 5) is 14.0. The van der Waals surface area contributed by atoms with Crippen molar-refractivity contribution in [3.8, 4) is 0 Å². The van der Waals surface area contributed by atoms with E-state index in [0.29, 0.717) is 13.1 Å². The van der Waals surface area contributed by atoms with E-state index in [4.69, 9.17) is 15.2 Å². The first-order valence-electron chi connectivity index (χ1n) is 6.98. The number of hydrogen-bond donors (Lipinski definition) is 2. The topological polar surface area (TPSA) is 76.8 Å². The van der Waals surface area contributed by atoms with Crippen LogP contribution < -0.4 is 11.1 Å². The van der Waals surface area contributed by atoms with Crippen molar-refractivity contribution in [1.82, 2.24) is 10.2 Å². The molecule has 0 unspecified atom stereocenters. The summed E-state index contributed by atoms with van der Waals surface area (Å²) in [5.74, 6) is -0.00417. The lowest BCUT2D eigenvalue weighted by atomic mass is 10.2. The SMILES string of the molecule is COCCN(C)CCCNC(=O)[C@@H]1CC[C@H](CN)O1. The average molecular weight is 273 g/mol. The zero-order chi connectivity index (χ0) is 14.1. The van der Waals surface area contributed by atoms with Gasteiger partial charge >= 0.3 is 0 Å². The van der Waals surface area contributed by atoms with Crippen LogP contribution in [0.2, 0.25) is 0 Å². The number of amides is 1. The molecule has 0 aliphatic carbocycles. The smallest absolute Gasteiger partial charge is 0.249 e. The van der Waals surface area contributed by atoms with E-state index >= 15 is 0 Å². The third-order valence-corrected chi connectivity index (χ3v) is 3.36. The average Bonchev–Trinajstić information content (AvgIpc) is 2.90. The predicted molar refractivity (Wildman–Crippen MR) is 73.9 cm³/mol. The summed E-state index contributed by atoms with van der Waals surface area (Å²) in [6.45, 7) is 3.77. The molecule has 0 saturated carbocycles. The molecule has 0 aromatic carbocycles. The zero-order valence-corrected chi connectivity index (χ0v) is 12.1. The van der Waals surface area contributed by atoms with E-state index in [9.17, 15) is 4.79 Å². The Morgan fingerprint density at radius 2 is 2.26 bits per heavy atom. The Hall–Kier alpha value is -0.690. The number of rotatable bonds is 9. The molecule has 1 aliphatic heterocycles. The van der Waals surface area contributed by atoms with Crippen LogP contribution >= 0.6 is 0 Å². The van der Waals surface area contributed by atoms with Crippen molar-refractivity contribution in [2.24, 2.45) is 5.73 Å². The van der Waals surface area contributed by atoms with Gasteiger partial charge in [-0.25, -0.2) is 0 Å². The Balaban J connectivity index is 2.04. The predicted octanol–water partition coefficient (Wildman–Crippen LogP) is -0.423. The van der Waals surface area contributed by atoms with Crippen LogP contribution in [0.5, 0.6) is 0 Å². The van der Waals surface area contributed by atoms with Crippen molar-refractivity contribution in [2.45, 2.75) is 31.5 Å². The number of hydrogen-bond acceptors (Lipinski definition) is 5. The minimum absolute atomic E-state index is 0.00417. The highest BCUT2D eigenvalue weighted by Crippen LogP contribution is 2.18. The molecule has 0 bridgehead atoms. The molecule has 1 amide bonds. The van der Waals surface area contributed by atoms with Crippen LogP contribution in [0.3, 0.4) is 0 Å². The van der Waals surface area contributed by atoms with Crippen LogP contribution in [0.4, 0.5) is 0 Å². The molecule has 112 valence electrons. The Bertz CT molecular complexity index is 264. The van der Waals surface area contributed by atoms with Gasteiger partial charge in [-0.15, -0.1) is 0 Å². The summed E-state index contributed by atoms with van der Waals surface area (Å²) in [6.07, 6.45) is 2.34. The lowest BCUT2D eigenvalue weighted by Crippen LogP contribution is -2.37. The highest BCUT2D eigenvalue weighted by molar-refractivity contribution is 5.80. The third kappa shape index (κ3) is 6.33. The molecule has 0 aromatic heterocycles. The van der Waals surface area contributed by atoms with E-state index in [1.165, 1.54) is 0 Å². The second kappa shape index (κ2) is 9.25. The second-order valence-corrected chi connectivity index (χ2v) is 5.00. The lowest BCUT2D eigenvalue weighted by molar-refractivity contribution is -0.131. The maximum atomic E-state index is 11.8. The van der Waals surface area contributed by atoms with Crippen molar-refractivity contribution in [2.75, 3.05) is 46.9 Å². The molecular formula is C13H27N3O3. The molecule has 2 atom stereocenters. The first-order chi connectivity index (χ1) is 9.17. The number of carbonyl (C=O) groups excluding carboxylic acids is 1. The lowest BCUT2D eigenvalue weighted by Gasteiger charge is -2.16. The van der Waals surface area contributed by atoms with Crippen LogP contribution in [0.1, 0.15) is 19.3 Å². The van der Waals surface area contributed by atoms with Crippen LogP contribution in [0.25, 0.3) is 0 Å². The number of nitrogens with two attached hydrogens (primary N) is 1. The molecule has 1 aliphatic rings. The van der Waals surface area contributed by atoms with Crippen LogP contribution in [-0.4, -0.2) is 70.0 Å². The molecule has 3 N–H and O–H groups in total. The number of likely N-dealkylation sites (N-methyl/N-ethyl adjacent to an activating group) is 1. The minimum Gasteiger partial charge on any atom is -0.383 e. The summed E-state index contributed by atoms with van der Waals surface area (Å²) in [5.41, 5.74) is 5.52. The molecule has 1 saturated heterocycles. The van der Waals surface area contributed by atoms with E-state index in [1.54, 1.807) is 7.11 Å². The van der Waals surface area contributed by atoms with E-state index in [2.05, 4.69) is 10.2 Å². The molecule has 1 fully saturated rings. The molecule has 1 rings (SSSR count). The zero-order valence-electron chi connectivity index (χ0n) is 12.1. The van der Waals surface area contributed by atoms with Gasteiger partial charge in [-0.3, -0.25) is 4.79 Å². The van der Waals surface area contributed by atoms with Gasteiger partial charge in [0.1, 0.15) is 6.10 Å². The van der Waals surface area contributed by atoms with E-state index in [-0.39, 0.29) is 18.1 Å². The normalized spacial score (nSPS) is 22.9. The van der Waals surface area contributed by atoms with Crippen LogP contribution in [-0.2, 0) is 14.3 Å². The second-order valence-electron chi connectivity index (χ2n) is 5.00. The highest BCUT2D eigenvalue weighted by Gasteiger charge is 2.29. The fourth-order valence-electron chi connectivity index (χ4n) is 2.11. The van der Waals surface area contributed by atoms with Gasteiger partial charge in [-0.05, 0) is 32.9 Å². The summed E-state index contributed by atoms with van der Waals surface area (Å²) < 4.78 is 10.5. The monoisotopic (exact) mass is 273 g/mol. The van der Waals surface area contributed by atoms with Gasteiger partial charge < -0.3 is 25.4 Å². The molecule has 6 heteroatoms. The van der Waals surface area contributed by atoms with Crippen molar-refractivity contribution < 1.29 is 14.3 Å². The first-order valence-corrected chi connectivity index (χ1v) is 6.98. The van der Waals surface area contributed by atoms with Crippen molar-refractivity contribution in [3.63, 3.8) is 0 Å². The van der Waals surface area contributed by atoms with Gasteiger partial charge in [0.2, 0.25) is 5.91 Å². The fraction of sp³-hybridized carbons (Fsp3) is 0.923. The molecule has 0 spiro atoms. The third-order valence-electron chi connectivity index (χ3n) is 3.36. The largest absolute Gasteiger partial charge is 0.383 e. The van der Waals surface area contributed by atoms with Crippen molar-refractivity contribution in [3.05, 3.63) is 0 Å². The maximum Gasteiger partial charge on any atom is 0.249 e. The van der Waals surface area contributed by atoms with Gasteiger partial charge in [0.05, 0.1) is 12.7 Å². The Labute approximate surface area is 115 Å². The molecule has 1 heterocycles. The number of ether oxygens (including phenoxy) is 2. The van der Waals surface area contributed by atoms with Gasteiger partial charge in [-0.1, -0.05) is 0 Å². The molecular weight excluding hydrogens is 246 g/mol. The quantitative estimate of drug-likeness (QED) is 0.558.